The summed E-state index contributed by atoms with van der Waals surface area (Å²) in [5.41, 5.74) is 5.45. The lowest BCUT2D eigenvalue weighted by molar-refractivity contribution is -0.132. The van der Waals surface area contributed by atoms with Crippen LogP contribution in [-0.2, 0) is 11.4 Å². The molecule has 0 radical (unpaired) electrons. The number of nitrogens with zero attached hydrogens (tertiary/aromatic N) is 1. The summed E-state index contributed by atoms with van der Waals surface area (Å²) < 4.78 is 5.90. The van der Waals surface area contributed by atoms with E-state index in [4.69, 9.17) is 4.74 Å². The number of aromatic nitrogens is 1. The summed E-state index contributed by atoms with van der Waals surface area (Å²) in [7, 11) is 0. The Hall–Kier alpha value is -3.86. The fourth-order valence-corrected chi connectivity index (χ4v) is 3.97. The summed E-state index contributed by atoms with van der Waals surface area (Å²) in [6.07, 6.45) is 1.72. The lowest BCUT2D eigenvalue weighted by Crippen LogP contribution is -2.27. The van der Waals surface area contributed by atoms with Crippen molar-refractivity contribution in [3.05, 3.63) is 113 Å². The zero-order valence-corrected chi connectivity index (χ0v) is 17.5. The van der Waals surface area contributed by atoms with E-state index in [1.807, 2.05) is 79.7 Å². The number of carboxylic acids is 1. The van der Waals surface area contributed by atoms with E-state index in [0.717, 1.165) is 33.8 Å². The fourth-order valence-electron chi connectivity index (χ4n) is 3.97. The summed E-state index contributed by atoms with van der Waals surface area (Å²) in [5, 5.41) is 13.2. The van der Waals surface area contributed by atoms with E-state index in [0.29, 0.717) is 17.9 Å². The Labute approximate surface area is 181 Å². The second kappa shape index (κ2) is 8.88. The van der Waals surface area contributed by atoms with Gasteiger partial charge in [-0.1, -0.05) is 48.5 Å². The van der Waals surface area contributed by atoms with Crippen LogP contribution in [0.25, 0.3) is 5.57 Å². The van der Waals surface area contributed by atoms with E-state index >= 15 is 0 Å². The summed E-state index contributed by atoms with van der Waals surface area (Å²) in [6, 6.07) is 23.3. The SMILES string of the molecule is CC1=C(C(=O)O)C(c2ccc(OCc3ccccc3)cc2)C(c2ccccn2)=C(C)N1. The molecule has 2 aromatic carbocycles. The molecule has 2 heterocycles. The third kappa shape index (κ3) is 4.36. The van der Waals surface area contributed by atoms with Crippen molar-refractivity contribution in [1.29, 1.82) is 0 Å². The topological polar surface area (TPSA) is 71.5 Å². The summed E-state index contributed by atoms with van der Waals surface area (Å²) >= 11 is 0. The Kier molecular flexibility index (Phi) is 5.85. The average Bonchev–Trinajstić information content (AvgIpc) is 2.78. The maximum absolute atomic E-state index is 12.2. The van der Waals surface area contributed by atoms with Gasteiger partial charge >= 0.3 is 5.97 Å². The molecule has 4 rings (SSSR count). The zero-order valence-electron chi connectivity index (χ0n) is 17.5. The second-order valence-electron chi connectivity index (χ2n) is 7.50. The molecule has 2 N–H and O–H groups in total. The third-order valence-corrected chi connectivity index (χ3v) is 5.39. The molecule has 0 amide bonds. The Balaban J connectivity index is 1.68. The van der Waals surface area contributed by atoms with Gasteiger partial charge in [-0.2, -0.15) is 0 Å². The molecule has 1 aliphatic rings. The van der Waals surface area contributed by atoms with Crippen molar-refractivity contribution in [2.45, 2.75) is 26.4 Å². The highest BCUT2D eigenvalue weighted by molar-refractivity contribution is 5.96. The molecule has 0 spiro atoms. The zero-order chi connectivity index (χ0) is 21.8. The van der Waals surface area contributed by atoms with Crippen LogP contribution in [0.4, 0.5) is 0 Å². The number of aliphatic carboxylic acids is 1. The third-order valence-electron chi connectivity index (χ3n) is 5.39. The quantitative estimate of drug-likeness (QED) is 0.587. The predicted molar refractivity (Wildman–Crippen MR) is 120 cm³/mol. The van der Waals surface area contributed by atoms with Gasteiger partial charge in [-0.25, -0.2) is 4.79 Å². The first-order valence-electron chi connectivity index (χ1n) is 10.1. The van der Waals surface area contributed by atoms with Crippen molar-refractivity contribution in [2.75, 3.05) is 0 Å². The van der Waals surface area contributed by atoms with Gasteiger partial charge in [-0.15, -0.1) is 0 Å². The molecule has 5 nitrogen and oxygen atoms in total. The summed E-state index contributed by atoms with van der Waals surface area (Å²) in [6.45, 7) is 4.23. The van der Waals surface area contributed by atoms with Gasteiger partial charge in [-0.3, -0.25) is 4.98 Å². The standard InChI is InChI=1S/C26H24N2O3/c1-17-23(22-10-6-7-15-27-22)25(24(26(29)30)18(2)28-17)20-11-13-21(14-12-20)31-16-19-8-4-3-5-9-19/h3-15,25,28H,16H2,1-2H3,(H,29,30). The summed E-state index contributed by atoms with van der Waals surface area (Å²) in [4.78, 5) is 16.7. The Morgan fingerprint density at radius 3 is 2.32 bits per heavy atom. The molecule has 3 aromatic rings. The largest absolute Gasteiger partial charge is 0.489 e. The van der Waals surface area contributed by atoms with Crippen molar-refractivity contribution in [1.82, 2.24) is 10.3 Å². The molecule has 31 heavy (non-hydrogen) atoms. The van der Waals surface area contributed by atoms with E-state index in [1.54, 1.807) is 13.1 Å². The molecular formula is C26H24N2O3. The first-order valence-corrected chi connectivity index (χ1v) is 10.1. The highest BCUT2D eigenvalue weighted by Crippen LogP contribution is 2.43. The number of carboxylic acid groups (broad SMARTS) is 1. The molecule has 0 aliphatic carbocycles. The van der Waals surface area contributed by atoms with Gasteiger partial charge in [0.25, 0.3) is 0 Å². The van der Waals surface area contributed by atoms with E-state index in [1.165, 1.54) is 0 Å². The molecule has 0 saturated carbocycles. The Bertz CT molecular complexity index is 1130. The monoisotopic (exact) mass is 412 g/mol. The van der Waals surface area contributed by atoms with Crippen molar-refractivity contribution in [2.24, 2.45) is 0 Å². The highest BCUT2D eigenvalue weighted by Gasteiger charge is 2.34. The molecule has 1 aromatic heterocycles. The van der Waals surface area contributed by atoms with Gasteiger partial charge in [0, 0.05) is 29.1 Å². The molecule has 1 aliphatic heterocycles. The Morgan fingerprint density at radius 2 is 1.68 bits per heavy atom. The van der Waals surface area contributed by atoms with Gasteiger partial charge in [0.15, 0.2) is 0 Å². The van der Waals surface area contributed by atoms with E-state index in [-0.39, 0.29) is 0 Å². The predicted octanol–water partition coefficient (Wildman–Crippen LogP) is 5.14. The van der Waals surface area contributed by atoms with Crippen LogP contribution < -0.4 is 10.1 Å². The Morgan fingerprint density at radius 1 is 0.968 bits per heavy atom. The molecule has 5 heteroatoms. The number of carbonyl (C=O) groups is 1. The molecule has 156 valence electrons. The second-order valence-corrected chi connectivity index (χ2v) is 7.50. The van der Waals surface area contributed by atoms with Crippen LogP contribution in [0.5, 0.6) is 5.75 Å². The van der Waals surface area contributed by atoms with Crippen LogP contribution in [0.2, 0.25) is 0 Å². The fraction of sp³-hybridized carbons (Fsp3) is 0.154. The van der Waals surface area contributed by atoms with Crippen LogP contribution in [0.3, 0.4) is 0 Å². The van der Waals surface area contributed by atoms with Crippen LogP contribution in [0, 0.1) is 0 Å². The van der Waals surface area contributed by atoms with Gasteiger partial charge in [-0.05, 0) is 49.2 Å². The molecule has 0 saturated heterocycles. The molecular weight excluding hydrogens is 388 g/mol. The van der Waals surface area contributed by atoms with Gasteiger partial charge < -0.3 is 15.2 Å². The van der Waals surface area contributed by atoms with E-state index in [2.05, 4.69) is 10.3 Å². The number of nitrogens with one attached hydrogen (secondary N) is 1. The molecule has 1 atom stereocenters. The van der Waals surface area contributed by atoms with Crippen LogP contribution in [0.1, 0.15) is 36.6 Å². The number of hydrogen-bond donors (Lipinski definition) is 2. The summed E-state index contributed by atoms with van der Waals surface area (Å²) in [5.74, 6) is -0.642. The number of pyridine rings is 1. The smallest absolute Gasteiger partial charge is 0.334 e. The first-order chi connectivity index (χ1) is 15.0. The van der Waals surface area contributed by atoms with E-state index < -0.39 is 11.9 Å². The number of rotatable bonds is 6. The number of hydrogen-bond acceptors (Lipinski definition) is 4. The normalized spacial score (nSPS) is 16.1. The van der Waals surface area contributed by atoms with Crippen molar-refractivity contribution in [3.63, 3.8) is 0 Å². The lowest BCUT2D eigenvalue weighted by atomic mass is 9.79. The number of allylic oxidation sites excluding steroid dienone is 3. The minimum absolute atomic E-state index is 0.323. The van der Waals surface area contributed by atoms with Crippen molar-refractivity contribution >= 4 is 11.5 Å². The average molecular weight is 412 g/mol. The van der Waals surface area contributed by atoms with E-state index in [9.17, 15) is 9.90 Å². The number of benzene rings is 2. The maximum Gasteiger partial charge on any atom is 0.334 e. The maximum atomic E-state index is 12.2. The van der Waals surface area contributed by atoms with Crippen LogP contribution in [0.15, 0.2) is 96.0 Å². The van der Waals surface area contributed by atoms with Crippen LogP contribution in [-0.4, -0.2) is 16.1 Å². The molecule has 1 unspecified atom stereocenters. The molecule has 0 bridgehead atoms. The molecule has 0 fully saturated rings. The number of dihydropyridines is 1. The van der Waals surface area contributed by atoms with Crippen LogP contribution >= 0.6 is 0 Å². The number of ether oxygens (including phenoxy) is 1. The van der Waals surface area contributed by atoms with Gasteiger partial charge in [0.2, 0.25) is 0 Å². The first kappa shape index (κ1) is 20.4. The van der Waals surface area contributed by atoms with Crippen molar-refractivity contribution < 1.29 is 14.6 Å². The highest BCUT2D eigenvalue weighted by atomic mass is 16.5. The minimum atomic E-state index is -0.944. The van der Waals surface area contributed by atoms with Crippen molar-refractivity contribution in [3.8, 4) is 5.75 Å². The van der Waals surface area contributed by atoms with Gasteiger partial charge in [0.05, 0.1) is 11.3 Å². The van der Waals surface area contributed by atoms with Gasteiger partial charge in [0.1, 0.15) is 12.4 Å². The lowest BCUT2D eigenvalue weighted by Gasteiger charge is -2.30. The minimum Gasteiger partial charge on any atom is -0.489 e.